The molecule has 10 nitrogen and oxygen atoms in total. The van der Waals surface area contributed by atoms with Crippen molar-refractivity contribution in [3.05, 3.63) is 64.7 Å². The fraction of sp³-hybridized carbons (Fsp3) is 0.111. The average Bonchev–Trinajstić information content (AvgIpc) is 3.08. The van der Waals surface area contributed by atoms with Crippen LogP contribution < -0.4 is 16.6 Å². The Balaban J connectivity index is 1.85. The van der Waals surface area contributed by atoms with E-state index in [2.05, 4.69) is 30.2 Å². The molecule has 138 valence electrons. The molecule has 0 aliphatic heterocycles. The topological polar surface area (TPSA) is 151 Å². The third-order valence-corrected chi connectivity index (χ3v) is 4.19. The number of nitrogen functional groups attached to an aromatic ring is 1. The molecule has 4 aromatic rings. The van der Waals surface area contributed by atoms with Crippen LogP contribution in [0.25, 0.3) is 16.9 Å². The van der Waals surface area contributed by atoms with Crippen molar-refractivity contribution < 1.29 is 0 Å². The van der Waals surface area contributed by atoms with Crippen LogP contribution in [0.1, 0.15) is 24.4 Å². The highest BCUT2D eigenvalue weighted by Crippen LogP contribution is 2.26. The van der Waals surface area contributed by atoms with Crippen LogP contribution in [0.2, 0.25) is 0 Å². The number of nitrogens with two attached hydrogens (primary N) is 1. The summed E-state index contributed by atoms with van der Waals surface area (Å²) in [6, 6.07) is 8.48. The van der Waals surface area contributed by atoms with E-state index in [-0.39, 0.29) is 23.0 Å². The Morgan fingerprint density at radius 1 is 1.32 bits per heavy atom. The highest BCUT2D eigenvalue weighted by molar-refractivity contribution is 5.74. The van der Waals surface area contributed by atoms with Gasteiger partial charge in [0.15, 0.2) is 5.65 Å². The summed E-state index contributed by atoms with van der Waals surface area (Å²) in [7, 11) is 0. The maximum Gasteiger partial charge on any atom is 0.250 e. The molecule has 4 aromatic heterocycles. The van der Waals surface area contributed by atoms with Crippen LogP contribution in [-0.2, 0) is 0 Å². The van der Waals surface area contributed by atoms with Gasteiger partial charge in [-0.05, 0) is 25.1 Å². The molecule has 0 aliphatic carbocycles. The third kappa shape index (κ3) is 2.90. The second kappa shape index (κ2) is 6.81. The molecular formula is C18H15N9O. The fourth-order valence-electron chi connectivity index (χ4n) is 2.94. The number of aromatic nitrogens is 6. The lowest BCUT2D eigenvalue weighted by molar-refractivity contribution is 0.764. The molecule has 0 aromatic carbocycles. The molecule has 0 saturated heterocycles. The standard InChI is InChI=1S/C18H15N9O/c1-10(25-16-12(8-19)15(20)23-9-24-16)17-26-13-3-2-5-22-18(13)27(17)11-4-6-21-14(28)7-11/h2-7,9-10H,1H3,(H,21,28)(H3,20,23,24,25)/t10-/m0/s1. The summed E-state index contributed by atoms with van der Waals surface area (Å²) in [5.74, 6) is 0.998. The van der Waals surface area contributed by atoms with E-state index in [4.69, 9.17) is 5.73 Å². The lowest BCUT2D eigenvalue weighted by atomic mass is 10.2. The number of nitrogens with zero attached hydrogens (tertiary/aromatic N) is 6. The molecule has 4 heterocycles. The number of H-pyrrole nitrogens is 1. The molecule has 4 N–H and O–H groups in total. The molecule has 0 amide bonds. The summed E-state index contributed by atoms with van der Waals surface area (Å²) < 4.78 is 1.79. The van der Waals surface area contributed by atoms with E-state index >= 15 is 0 Å². The summed E-state index contributed by atoms with van der Waals surface area (Å²) >= 11 is 0. The number of hydrogen-bond acceptors (Lipinski definition) is 8. The van der Waals surface area contributed by atoms with Crippen LogP contribution in [0.3, 0.4) is 0 Å². The molecule has 0 radical (unpaired) electrons. The zero-order valence-corrected chi connectivity index (χ0v) is 14.8. The Labute approximate surface area is 158 Å². The first-order chi connectivity index (χ1) is 13.6. The highest BCUT2D eigenvalue weighted by atomic mass is 16.1. The maximum atomic E-state index is 11.8. The van der Waals surface area contributed by atoms with Gasteiger partial charge in [0.05, 0.1) is 11.7 Å². The van der Waals surface area contributed by atoms with Crippen molar-refractivity contribution in [2.75, 3.05) is 11.1 Å². The summed E-state index contributed by atoms with van der Waals surface area (Å²) in [5.41, 5.74) is 7.59. The van der Waals surface area contributed by atoms with Gasteiger partial charge in [-0.25, -0.2) is 19.9 Å². The first-order valence-corrected chi connectivity index (χ1v) is 8.38. The SMILES string of the molecule is C[C@H](Nc1ncnc(N)c1C#N)c1nc2cccnc2n1-c1cc[nH]c(=O)c1. The van der Waals surface area contributed by atoms with Gasteiger partial charge < -0.3 is 16.0 Å². The van der Waals surface area contributed by atoms with E-state index in [0.717, 1.165) is 0 Å². The molecular weight excluding hydrogens is 358 g/mol. The molecule has 10 heteroatoms. The van der Waals surface area contributed by atoms with Gasteiger partial charge in [-0.2, -0.15) is 5.26 Å². The van der Waals surface area contributed by atoms with E-state index in [0.29, 0.717) is 28.5 Å². The number of anilines is 2. The summed E-state index contributed by atoms with van der Waals surface area (Å²) in [5, 5.41) is 12.5. The largest absolute Gasteiger partial charge is 0.382 e. The Bertz CT molecular complexity index is 1270. The van der Waals surface area contributed by atoms with Crippen molar-refractivity contribution in [2.24, 2.45) is 0 Å². The Morgan fingerprint density at radius 2 is 2.18 bits per heavy atom. The van der Waals surface area contributed by atoms with Gasteiger partial charge in [0.1, 0.15) is 40.9 Å². The van der Waals surface area contributed by atoms with Crippen molar-refractivity contribution in [3.63, 3.8) is 0 Å². The average molecular weight is 373 g/mol. The maximum absolute atomic E-state index is 11.8. The number of hydrogen-bond donors (Lipinski definition) is 3. The Hall–Kier alpha value is -4.26. The second-order valence-corrected chi connectivity index (χ2v) is 6.02. The first kappa shape index (κ1) is 17.2. The van der Waals surface area contributed by atoms with Gasteiger partial charge in [-0.15, -0.1) is 0 Å². The summed E-state index contributed by atoms with van der Waals surface area (Å²) in [4.78, 5) is 31.4. The lowest BCUT2D eigenvalue weighted by Crippen LogP contribution is -2.16. The smallest absolute Gasteiger partial charge is 0.250 e. The van der Waals surface area contributed by atoms with Crippen LogP contribution in [0.15, 0.2) is 47.8 Å². The minimum absolute atomic E-state index is 0.0944. The van der Waals surface area contributed by atoms with Crippen LogP contribution in [-0.4, -0.2) is 29.5 Å². The van der Waals surface area contributed by atoms with Gasteiger partial charge in [-0.1, -0.05) is 0 Å². The zero-order valence-electron chi connectivity index (χ0n) is 14.8. The van der Waals surface area contributed by atoms with Crippen LogP contribution >= 0.6 is 0 Å². The van der Waals surface area contributed by atoms with Crippen LogP contribution in [0.4, 0.5) is 11.6 Å². The molecule has 0 bridgehead atoms. The quantitative estimate of drug-likeness (QED) is 0.487. The molecule has 4 rings (SSSR count). The number of imidazole rings is 1. The second-order valence-electron chi connectivity index (χ2n) is 6.02. The summed E-state index contributed by atoms with van der Waals surface area (Å²) in [6.07, 6.45) is 4.51. The number of rotatable bonds is 4. The monoisotopic (exact) mass is 373 g/mol. The molecule has 0 saturated carbocycles. The van der Waals surface area contributed by atoms with Gasteiger partial charge in [0, 0.05) is 18.5 Å². The van der Waals surface area contributed by atoms with Crippen LogP contribution in [0.5, 0.6) is 0 Å². The van der Waals surface area contributed by atoms with E-state index in [1.54, 1.807) is 29.1 Å². The molecule has 0 unspecified atom stereocenters. The molecule has 28 heavy (non-hydrogen) atoms. The molecule has 0 spiro atoms. The van der Waals surface area contributed by atoms with Gasteiger partial charge in [-0.3, -0.25) is 9.36 Å². The fourth-order valence-corrected chi connectivity index (χ4v) is 2.94. The minimum atomic E-state index is -0.380. The number of aromatic amines is 1. The third-order valence-electron chi connectivity index (χ3n) is 4.19. The van der Waals surface area contributed by atoms with Gasteiger partial charge >= 0.3 is 0 Å². The minimum Gasteiger partial charge on any atom is -0.382 e. The van der Waals surface area contributed by atoms with E-state index in [1.165, 1.54) is 12.4 Å². The predicted octanol–water partition coefficient (Wildman–Crippen LogP) is 1.53. The predicted molar refractivity (Wildman–Crippen MR) is 103 cm³/mol. The van der Waals surface area contributed by atoms with E-state index in [1.807, 2.05) is 19.1 Å². The molecule has 0 fully saturated rings. The number of fused-ring (bicyclic) bond motifs is 1. The van der Waals surface area contributed by atoms with Crippen LogP contribution in [0, 0.1) is 11.3 Å². The number of pyridine rings is 2. The number of nitriles is 1. The Kier molecular flexibility index (Phi) is 4.17. The van der Waals surface area contributed by atoms with E-state index < -0.39 is 0 Å². The van der Waals surface area contributed by atoms with Gasteiger partial charge in [0.2, 0.25) is 5.56 Å². The zero-order chi connectivity index (χ0) is 19.7. The summed E-state index contributed by atoms with van der Waals surface area (Å²) in [6.45, 7) is 1.87. The Morgan fingerprint density at radius 3 is 2.96 bits per heavy atom. The number of nitrogens with one attached hydrogen (secondary N) is 2. The van der Waals surface area contributed by atoms with E-state index in [9.17, 15) is 10.1 Å². The van der Waals surface area contributed by atoms with Crippen molar-refractivity contribution >= 4 is 22.8 Å². The van der Waals surface area contributed by atoms with Crippen molar-refractivity contribution in [1.29, 1.82) is 5.26 Å². The van der Waals surface area contributed by atoms with Crippen molar-refractivity contribution in [3.8, 4) is 11.8 Å². The van der Waals surface area contributed by atoms with Gasteiger partial charge in [0.25, 0.3) is 0 Å². The molecule has 1 atom stereocenters. The molecule has 0 aliphatic rings. The normalized spacial score (nSPS) is 11.9. The first-order valence-electron chi connectivity index (χ1n) is 8.38. The lowest BCUT2D eigenvalue weighted by Gasteiger charge is -2.17. The highest BCUT2D eigenvalue weighted by Gasteiger charge is 2.21. The van der Waals surface area contributed by atoms with Crippen molar-refractivity contribution in [2.45, 2.75) is 13.0 Å². The van der Waals surface area contributed by atoms with Crippen molar-refractivity contribution in [1.82, 2.24) is 29.5 Å².